The lowest BCUT2D eigenvalue weighted by Crippen LogP contribution is -2.45. The van der Waals surface area contributed by atoms with E-state index >= 15 is 0 Å². The highest BCUT2D eigenvalue weighted by Gasteiger charge is 2.37. The molecule has 0 aromatic heterocycles. The summed E-state index contributed by atoms with van der Waals surface area (Å²) in [5, 5.41) is 3.57. The summed E-state index contributed by atoms with van der Waals surface area (Å²) < 4.78 is 16.9. The lowest BCUT2D eigenvalue weighted by atomic mass is 9.96. The first-order valence-electron chi connectivity index (χ1n) is 7.24. The average molecular weight is 275 g/mol. The van der Waals surface area contributed by atoms with Gasteiger partial charge in [-0.05, 0) is 12.8 Å². The van der Waals surface area contributed by atoms with Crippen LogP contribution in [0.2, 0.25) is 6.04 Å². The van der Waals surface area contributed by atoms with Crippen molar-refractivity contribution >= 4 is 8.80 Å². The van der Waals surface area contributed by atoms with E-state index in [4.69, 9.17) is 13.3 Å². The molecular weight excluding hydrogens is 246 g/mol. The van der Waals surface area contributed by atoms with Crippen molar-refractivity contribution in [3.8, 4) is 0 Å². The van der Waals surface area contributed by atoms with E-state index in [0.29, 0.717) is 12.6 Å². The molecule has 0 aliphatic heterocycles. The molecule has 108 valence electrons. The van der Waals surface area contributed by atoms with Crippen LogP contribution < -0.4 is 5.32 Å². The summed E-state index contributed by atoms with van der Waals surface area (Å²) in [5.41, 5.74) is 0. The molecule has 1 aliphatic rings. The Labute approximate surface area is 113 Å². The standard InChI is InChI=1S/C13H29NO3Si/c1-4-12-18(15-2,16-3)17-11-10-14-13-8-6-5-7-9-13/h13-14H,4-12H2,1-3H3. The zero-order valence-corrected chi connectivity index (χ0v) is 13.2. The second kappa shape index (κ2) is 9.04. The van der Waals surface area contributed by atoms with Gasteiger partial charge in [0.2, 0.25) is 0 Å². The molecule has 18 heavy (non-hydrogen) atoms. The predicted molar refractivity (Wildman–Crippen MR) is 75.7 cm³/mol. The van der Waals surface area contributed by atoms with Gasteiger partial charge in [-0.3, -0.25) is 0 Å². The Morgan fingerprint density at radius 1 is 1.11 bits per heavy atom. The molecule has 1 rings (SSSR count). The van der Waals surface area contributed by atoms with Crippen LogP contribution in [-0.2, 0) is 13.3 Å². The Balaban J connectivity index is 2.17. The van der Waals surface area contributed by atoms with Crippen LogP contribution in [-0.4, -0.2) is 42.2 Å². The van der Waals surface area contributed by atoms with E-state index in [1.807, 2.05) is 0 Å². The van der Waals surface area contributed by atoms with E-state index in [-0.39, 0.29) is 0 Å². The lowest BCUT2D eigenvalue weighted by Gasteiger charge is -2.27. The monoisotopic (exact) mass is 275 g/mol. The van der Waals surface area contributed by atoms with E-state index in [2.05, 4.69) is 12.2 Å². The minimum atomic E-state index is -2.37. The summed E-state index contributed by atoms with van der Waals surface area (Å²) in [5.74, 6) is 0. The molecule has 0 radical (unpaired) electrons. The molecule has 0 amide bonds. The van der Waals surface area contributed by atoms with Crippen molar-refractivity contribution in [3.63, 3.8) is 0 Å². The van der Waals surface area contributed by atoms with Crippen molar-refractivity contribution in [1.82, 2.24) is 5.32 Å². The van der Waals surface area contributed by atoms with Gasteiger partial charge in [-0.1, -0.05) is 32.6 Å². The van der Waals surface area contributed by atoms with Crippen LogP contribution in [0.3, 0.4) is 0 Å². The van der Waals surface area contributed by atoms with Crippen LogP contribution in [0.25, 0.3) is 0 Å². The minimum Gasteiger partial charge on any atom is -0.377 e. The van der Waals surface area contributed by atoms with Gasteiger partial charge >= 0.3 is 8.80 Å². The van der Waals surface area contributed by atoms with Crippen LogP contribution in [0, 0.1) is 0 Å². The van der Waals surface area contributed by atoms with Crippen LogP contribution in [0.15, 0.2) is 0 Å². The van der Waals surface area contributed by atoms with Gasteiger partial charge in [0, 0.05) is 32.9 Å². The molecule has 5 heteroatoms. The number of hydrogen-bond donors (Lipinski definition) is 1. The number of rotatable bonds is 9. The summed E-state index contributed by atoms with van der Waals surface area (Å²) >= 11 is 0. The number of nitrogens with one attached hydrogen (secondary N) is 1. The summed E-state index contributed by atoms with van der Waals surface area (Å²) in [6, 6.07) is 1.58. The van der Waals surface area contributed by atoms with Gasteiger partial charge < -0.3 is 18.6 Å². The minimum absolute atomic E-state index is 0.685. The molecule has 0 aromatic carbocycles. The molecule has 0 spiro atoms. The normalized spacial score (nSPS) is 18.2. The fourth-order valence-corrected chi connectivity index (χ4v) is 4.54. The lowest BCUT2D eigenvalue weighted by molar-refractivity contribution is 0.0974. The van der Waals surface area contributed by atoms with Crippen molar-refractivity contribution in [2.45, 2.75) is 57.5 Å². The number of hydrogen-bond acceptors (Lipinski definition) is 4. The fourth-order valence-electron chi connectivity index (χ4n) is 2.56. The van der Waals surface area contributed by atoms with Gasteiger partial charge in [0.05, 0.1) is 6.61 Å². The maximum atomic E-state index is 5.89. The largest absolute Gasteiger partial charge is 0.500 e. The third kappa shape index (κ3) is 5.36. The molecule has 4 nitrogen and oxygen atoms in total. The molecule has 1 aliphatic carbocycles. The van der Waals surface area contributed by atoms with Gasteiger partial charge in [0.1, 0.15) is 0 Å². The topological polar surface area (TPSA) is 39.7 Å². The van der Waals surface area contributed by atoms with Crippen LogP contribution in [0.4, 0.5) is 0 Å². The van der Waals surface area contributed by atoms with E-state index in [1.54, 1.807) is 14.2 Å². The molecule has 0 atom stereocenters. The molecule has 1 fully saturated rings. The Morgan fingerprint density at radius 2 is 1.78 bits per heavy atom. The zero-order chi connectivity index (χ0) is 13.3. The third-order valence-electron chi connectivity index (χ3n) is 3.64. The van der Waals surface area contributed by atoms with Crippen LogP contribution in [0.5, 0.6) is 0 Å². The first kappa shape index (κ1) is 16.1. The highest BCUT2D eigenvalue weighted by Crippen LogP contribution is 2.18. The molecule has 0 heterocycles. The molecule has 1 N–H and O–H groups in total. The third-order valence-corrected chi connectivity index (χ3v) is 6.64. The van der Waals surface area contributed by atoms with Crippen molar-refractivity contribution in [2.24, 2.45) is 0 Å². The van der Waals surface area contributed by atoms with Crippen LogP contribution in [0.1, 0.15) is 45.4 Å². The van der Waals surface area contributed by atoms with E-state index < -0.39 is 8.80 Å². The molecule has 0 unspecified atom stereocenters. The SMILES string of the molecule is CCC[Si](OC)(OC)OCCNC1CCCCC1. The molecular formula is C13H29NO3Si. The maximum absolute atomic E-state index is 5.89. The smallest absolute Gasteiger partial charge is 0.377 e. The maximum Gasteiger partial charge on any atom is 0.500 e. The van der Waals surface area contributed by atoms with Gasteiger partial charge in [-0.25, -0.2) is 0 Å². The second-order valence-corrected chi connectivity index (χ2v) is 7.95. The van der Waals surface area contributed by atoms with E-state index in [9.17, 15) is 0 Å². The molecule has 0 saturated heterocycles. The van der Waals surface area contributed by atoms with E-state index in [0.717, 1.165) is 19.0 Å². The van der Waals surface area contributed by atoms with Crippen LogP contribution >= 0.6 is 0 Å². The summed E-state index contributed by atoms with van der Waals surface area (Å²) in [6.45, 7) is 3.71. The fraction of sp³-hybridized carbons (Fsp3) is 1.00. The summed E-state index contributed by atoms with van der Waals surface area (Å²) in [7, 11) is 1.02. The first-order chi connectivity index (χ1) is 8.76. The summed E-state index contributed by atoms with van der Waals surface area (Å²) in [4.78, 5) is 0. The van der Waals surface area contributed by atoms with Gasteiger partial charge in [-0.15, -0.1) is 0 Å². The van der Waals surface area contributed by atoms with Crippen molar-refractivity contribution in [3.05, 3.63) is 0 Å². The van der Waals surface area contributed by atoms with Gasteiger partial charge in [-0.2, -0.15) is 0 Å². The van der Waals surface area contributed by atoms with Gasteiger partial charge in [0.25, 0.3) is 0 Å². The average Bonchev–Trinajstić information content (AvgIpc) is 2.43. The molecule has 1 saturated carbocycles. The van der Waals surface area contributed by atoms with Gasteiger partial charge in [0.15, 0.2) is 0 Å². The summed E-state index contributed by atoms with van der Waals surface area (Å²) in [6.07, 6.45) is 7.78. The first-order valence-corrected chi connectivity index (χ1v) is 9.17. The molecule has 0 bridgehead atoms. The van der Waals surface area contributed by atoms with E-state index in [1.165, 1.54) is 32.1 Å². The Bertz CT molecular complexity index is 206. The Kier molecular flexibility index (Phi) is 8.09. The Hall–Kier alpha value is 0.0569. The van der Waals surface area contributed by atoms with Crippen molar-refractivity contribution in [1.29, 1.82) is 0 Å². The van der Waals surface area contributed by atoms with Crippen molar-refractivity contribution in [2.75, 3.05) is 27.4 Å². The quantitative estimate of drug-likeness (QED) is 0.518. The predicted octanol–water partition coefficient (Wildman–Crippen LogP) is 2.57. The second-order valence-electron chi connectivity index (χ2n) is 4.98. The molecule has 0 aromatic rings. The Morgan fingerprint density at radius 3 is 2.33 bits per heavy atom. The van der Waals surface area contributed by atoms with Crippen molar-refractivity contribution < 1.29 is 13.3 Å². The highest BCUT2D eigenvalue weighted by atomic mass is 28.4. The zero-order valence-electron chi connectivity index (χ0n) is 12.2. The highest BCUT2D eigenvalue weighted by molar-refractivity contribution is 6.60.